The lowest BCUT2D eigenvalue weighted by molar-refractivity contribution is 0.0579. The van der Waals surface area contributed by atoms with Crippen LogP contribution in [-0.4, -0.2) is 30.3 Å². The van der Waals surface area contributed by atoms with Gasteiger partial charge in [-0.2, -0.15) is 0 Å². The SMILES string of the molecule is COC(c1ccccc1)c1cc2c(cn1)C(C)(C)CN2C(=O)OC(C)(C)C. The summed E-state index contributed by atoms with van der Waals surface area (Å²) in [5, 5.41) is 0. The van der Waals surface area contributed by atoms with E-state index in [1.165, 1.54) is 0 Å². The van der Waals surface area contributed by atoms with Crippen molar-refractivity contribution in [1.29, 1.82) is 0 Å². The fourth-order valence-electron chi connectivity index (χ4n) is 3.45. The molecule has 1 atom stereocenters. The van der Waals surface area contributed by atoms with Crippen molar-refractivity contribution in [2.45, 2.75) is 51.7 Å². The second-order valence-corrected chi connectivity index (χ2v) is 8.60. The quantitative estimate of drug-likeness (QED) is 0.777. The first-order valence-corrected chi connectivity index (χ1v) is 9.21. The molecule has 0 aliphatic carbocycles. The largest absolute Gasteiger partial charge is 0.443 e. The van der Waals surface area contributed by atoms with Gasteiger partial charge in [0.05, 0.1) is 11.4 Å². The third kappa shape index (κ3) is 3.98. The van der Waals surface area contributed by atoms with Crippen LogP contribution in [0.15, 0.2) is 42.6 Å². The normalized spacial score (nSPS) is 16.7. The minimum absolute atomic E-state index is 0.187. The Labute approximate surface area is 161 Å². The third-order valence-electron chi connectivity index (χ3n) is 4.70. The summed E-state index contributed by atoms with van der Waals surface area (Å²) in [5.41, 5.74) is 2.95. The summed E-state index contributed by atoms with van der Waals surface area (Å²) >= 11 is 0. The van der Waals surface area contributed by atoms with Crippen LogP contribution in [0.5, 0.6) is 0 Å². The first-order valence-electron chi connectivity index (χ1n) is 9.21. The number of carbonyl (C=O) groups is 1. The predicted molar refractivity (Wildman–Crippen MR) is 106 cm³/mol. The van der Waals surface area contributed by atoms with Crippen LogP contribution in [0, 0.1) is 0 Å². The first kappa shape index (κ1) is 19.4. The molecule has 0 saturated carbocycles. The molecule has 2 aromatic rings. The Morgan fingerprint density at radius 3 is 2.48 bits per heavy atom. The highest BCUT2D eigenvalue weighted by molar-refractivity contribution is 5.91. The number of hydrogen-bond acceptors (Lipinski definition) is 4. The number of hydrogen-bond donors (Lipinski definition) is 0. The summed E-state index contributed by atoms with van der Waals surface area (Å²) in [6, 6.07) is 11.9. The first-order chi connectivity index (χ1) is 12.6. The Balaban J connectivity index is 2.01. The molecule has 1 unspecified atom stereocenters. The Bertz CT molecular complexity index is 825. The zero-order valence-corrected chi connectivity index (χ0v) is 16.9. The Morgan fingerprint density at radius 2 is 1.89 bits per heavy atom. The summed E-state index contributed by atoms with van der Waals surface area (Å²) in [6.07, 6.45) is 1.24. The van der Waals surface area contributed by atoms with Crippen molar-refractivity contribution in [3.63, 3.8) is 0 Å². The second-order valence-electron chi connectivity index (χ2n) is 8.60. The van der Waals surface area contributed by atoms with E-state index in [1.54, 1.807) is 12.0 Å². The van der Waals surface area contributed by atoms with Crippen LogP contribution in [0.4, 0.5) is 10.5 Å². The van der Waals surface area contributed by atoms with Crippen LogP contribution in [-0.2, 0) is 14.9 Å². The number of nitrogens with zero attached hydrogens (tertiary/aromatic N) is 2. The fourth-order valence-corrected chi connectivity index (χ4v) is 3.45. The number of pyridine rings is 1. The average molecular weight is 368 g/mol. The molecule has 0 saturated heterocycles. The molecule has 0 radical (unpaired) electrons. The maximum atomic E-state index is 12.8. The van der Waals surface area contributed by atoms with Crippen molar-refractivity contribution in [3.8, 4) is 0 Å². The molecule has 5 nitrogen and oxygen atoms in total. The standard InChI is InChI=1S/C22H28N2O3/c1-21(2,3)27-20(25)24-14-22(4,5)16-13-23-17(12-18(16)24)19(26-6)15-10-8-7-9-11-15/h7-13,19H,14H2,1-6H3. The zero-order chi connectivity index (χ0) is 19.8. The number of amides is 1. The highest BCUT2D eigenvalue weighted by Gasteiger charge is 2.40. The van der Waals surface area contributed by atoms with Crippen LogP contribution < -0.4 is 4.90 Å². The van der Waals surface area contributed by atoms with Gasteiger partial charge in [0.2, 0.25) is 0 Å². The second kappa shape index (κ2) is 6.97. The van der Waals surface area contributed by atoms with Gasteiger partial charge in [0.25, 0.3) is 0 Å². The summed E-state index contributed by atoms with van der Waals surface area (Å²) in [4.78, 5) is 19.2. The summed E-state index contributed by atoms with van der Waals surface area (Å²) in [5.74, 6) is 0. The fraction of sp³-hybridized carbons (Fsp3) is 0.455. The van der Waals surface area contributed by atoms with Gasteiger partial charge in [-0.3, -0.25) is 9.88 Å². The van der Waals surface area contributed by atoms with E-state index < -0.39 is 5.60 Å². The summed E-state index contributed by atoms with van der Waals surface area (Å²) in [7, 11) is 1.67. The Hall–Kier alpha value is -2.40. The molecular formula is C22H28N2O3. The predicted octanol–water partition coefficient (Wildman–Crippen LogP) is 4.85. The number of anilines is 1. The summed E-state index contributed by atoms with van der Waals surface area (Å²) in [6.45, 7) is 10.4. The van der Waals surface area contributed by atoms with E-state index in [0.717, 1.165) is 22.5 Å². The van der Waals surface area contributed by atoms with E-state index >= 15 is 0 Å². The molecule has 1 aliphatic rings. The highest BCUT2D eigenvalue weighted by atomic mass is 16.6. The number of ether oxygens (including phenoxy) is 2. The van der Waals surface area contributed by atoms with Gasteiger partial charge in [0.15, 0.2) is 0 Å². The molecule has 1 aliphatic heterocycles. The van der Waals surface area contributed by atoms with Gasteiger partial charge in [-0.25, -0.2) is 4.79 Å². The van der Waals surface area contributed by atoms with Gasteiger partial charge in [-0.1, -0.05) is 44.2 Å². The minimum Gasteiger partial charge on any atom is -0.443 e. The van der Waals surface area contributed by atoms with E-state index in [-0.39, 0.29) is 17.6 Å². The molecular weight excluding hydrogens is 340 g/mol. The molecule has 2 heterocycles. The van der Waals surface area contributed by atoms with E-state index in [4.69, 9.17) is 9.47 Å². The van der Waals surface area contributed by atoms with Crippen molar-refractivity contribution >= 4 is 11.8 Å². The van der Waals surface area contributed by atoms with Crippen molar-refractivity contribution in [3.05, 3.63) is 59.4 Å². The molecule has 1 aromatic carbocycles. The van der Waals surface area contributed by atoms with Gasteiger partial charge in [0, 0.05) is 30.8 Å². The Kier molecular flexibility index (Phi) is 5.00. The Morgan fingerprint density at radius 1 is 1.22 bits per heavy atom. The molecule has 3 rings (SSSR count). The molecule has 1 amide bonds. The van der Waals surface area contributed by atoms with Crippen LogP contribution in [0.3, 0.4) is 0 Å². The molecule has 0 N–H and O–H groups in total. The van der Waals surface area contributed by atoms with Crippen molar-refractivity contribution < 1.29 is 14.3 Å². The molecule has 0 fully saturated rings. The summed E-state index contributed by atoms with van der Waals surface area (Å²) < 4.78 is 11.3. The van der Waals surface area contributed by atoms with Gasteiger partial charge in [0.1, 0.15) is 11.7 Å². The lowest BCUT2D eigenvalue weighted by atomic mass is 9.88. The van der Waals surface area contributed by atoms with E-state index in [2.05, 4.69) is 18.8 Å². The number of benzene rings is 1. The third-order valence-corrected chi connectivity index (χ3v) is 4.70. The van der Waals surface area contributed by atoms with Gasteiger partial charge in [-0.15, -0.1) is 0 Å². The lowest BCUT2D eigenvalue weighted by Crippen LogP contribution is -2.38. The van der Waals surface area contributed by atoms with Crippen LogP contribution in [0.2, 0.25) is 0 Å². The number of methoxy groups -OCH3 is 1. The average Bonchev–Trinajstić information content (AvgIpc) is 2.86. The smallest absolute Gasteiger partial charge is 0.414 e. The van der Waals surface area contributed by atoms with Crippen molar-refractivity contribution in [1.82, 2.24) is 4.98 Å². The molecule has 1 aromatic heterocycles. The number of carbonyl (C=O) groups excluding carboxylic acids is 1. The lowest BCUT2D eigenvalue weighted by Gasteiger charge is -2.26. The molecule has 27 heavy (non-hydrogen) atoms. The van der Waals surface area contributed by atoms with E-state index in [9.17, 15) is 4.79 Å². The van der Waals surface area contributed by atoms with Crippen molar-refractivity contribution in [2.24, 2.45) is 0 Å². The zero-order valence-electron chi connectivity index (χ0n) is 16.9. The van der Waals surface area contributed by atoms with E-state index in [1.807, 2.05) is 63.4 Å². The number of rotatable bonds is 3. The van der Waals surface area contributed by atoms with Gasteiger partial charge >= 0.3 is 6.09 Å². The molecule has 0 spiro atoms. The topological polar surface area (TPSA) is 51.7 Å². The molecule has 5 heteroatoms. The van der Waals surface area contributed by atoms with E-state index in [0.29, 0.717) is 6.54 Å². The van der Waals surface area contributed by atoms with Crippen LogP contribution in [0.25, 0.3) is 0 Å². The monoisotopic (exact) mass is 368 g/mol. The maximum absolute atomic E-state index is 12.8. The van der Waals surface area contributed by atoms with Crippen LogP contribution >= 0.6 is 0 Å². The van der Waals surface area contributed by atoms with Crippen LogP contribution in [0.1, 0.15) is 57.5 Å². The highest BCUT2D eigenvalue weighted by Crippen LogP contribution is 2.42. The van der Waals surface area contributed by atoms with Gasteiger partial charge < -0.3 is 9.47 Å². The van der Waals surface area contributed by atoms with Crippen molar-refractivity contribution in [2.75, 3.05) is 18.6 Å². The molecule has 144 valence electrons. The van der Waals surface area contributed by atoms with Gasteiger partial charge in [-0.05, 0) is 32.4 Å². The number of fused-ring (bicyclic) bond motifs is 1. The maximum Gasteiger partial charge on any atom is 0.414 e. The number of aromatic nitrogens is 1. The molecule has 0 bridgehead atoms. The minimum atomic E-state index is -0.543.